The first kappa shape index (κ1) is 11.9. The van der Waals surface area contributed by atoms with Crippen LogP contribution in [0.15, 0.2) is 12.1 Å². The van der Waals surface area contributed by atoms with Crippen molar-refractivity contribution >= 4 is 0 Å². The van der Waals surface area contributed by atoms with Crippen molar-refractivity contribution in [3.05, 3.63) is 29.1 Å². The molecule has 0 aliphatic carbocycles. The number of hydrogen-bond acceptors (Lipinski definition) is 4. The van der Waals surface area contributed by atoms with E-state index in [-0.39, 0.29) is 12.4 Å². The van der Waals surface area contributed by atoms with Gasteiger partial charge in [-0.1, -0.05) is 0 Å². The van der Waals surface area contributed by atoms with Crippen LogP contribution in [0.3, 0.4) is 0 Å². The molecule has 0 aliphatic rings. The van der Waals surface area contributed by atoms with Crippen molar-refractivity contribution < 1.29 is 18.7 Å². The number of halogens is 1. The molecule has 0 radical (unpaired) electrons. The maximum atomic E-state index is 13.3. The lowest BCUT2D eigenvalue weighted by Gasteiger charge is -2.10. The van der Waals surface area contributed by atoms with E-state index in [4.69, 9.17) is 15.4 Å². The molecule has 0 saturated heterocycles. The molecule has 1 aromatic carbocycles. The number of nitrogens with two attached hydrogens (primary N) is 1. The van der Waals surface area contributed by atoms with Gasteiger partial charge < -0.3 is 9.47 Å². The standard InChI is InChI=1S/C10H14FNO3/c1-13-5-8-4-10(14-2)9(11)3-7(8)6-15-12/h3-4H,5-6,12H2,1-2H3. The minimum atomic E-state index is -0.440. The molecule has 1 rings (SSSR count). The number of benzene rings is 1. The minimum absolute atomic E-state index is 0.138. The zero-order chi connectivity index (χ0) is 11.3. The van der Waals surface area contributed by atoms with Gasteiger partial charge in [-0.25, -0.2) is 10.3 Å². The SMILES string of the molecule is COCc1cc(OC)c(F)cc1CON. The normalized spacial score (nSPS) is 10.4. The Labute approximate surface area is 87.7 Å². The first-order valence-corrected chi connectivity index (χ1v) is 4.38. The summed E-state index contributed by atoms with van der Waals surface area (Å²) < 4.78 is 23.2. The molecule has 0 amide bonds. The quantitative estimate of drug-likeness (QED) is 0.754. The fraction of sp³-hybridized carbons (Fsp3) is 0.400. The molecule has 0 unspecified atom stereocenters. The summed E-state index contributed by atoms with van der Waals surface area (Å²) in [5.74, 6) is 4.69. The van der Waals surface area contributed by atoms with E-state index >= 15 is 0 Å². The van der Waals surface area contributed by atoms with Crippen LogP contribution in [0.5, 0.6) is 5.75 Å². The Kier molecular flexibility index (Phi) is 4.48. The summed E-state index contributed by atoms with van der Waals surface area (Å²) in [6.45, 7) is 0.495. The molecule has 0 bridgehead atoms. The summed E-state index contributed by atoms with van der Waals surface area (Å²) in [4.78, 5) is 4.48. The topological polar surface area (TPSA) is 53.7 Å². The van der Waals surface area contributed by atoms with E-state index in [1.807, 2.05) is 0 Å². The predicted octanol–water partition coefficient (Wildman–Crippen LogP) is 1.37. The molecule has 4 nitrogen and oxygen atoms in total. The predicted molar refractivity (Wildman–Crippen MR) is 52.6 cm³/mol. The maximum absolute atomic E-state index is 13.3. The van der Waals surface area contributed by atoms with Gasteiger partial charge in [0.2, 0.25) is 0 Å². The van der Waals surface area contributed by atoms with Crippen LogP contribution in [0, 0.1) is 5.82 Å². The van der Waals surface area contributed by atoms with Crippen LogP contribution < -0.4 is 10.6 Å². The van der Waals surface area contributed by atoms with Gasteiger partial charge in [0.25, 0.3) is 0 Å². The molecule has 15 heavy (non-hydrogen) atoms. The molecule has 0 heterocycles. The zero-order valence-corrected chi connectivity index (χ0v) is 8.75. The highest BCUT2D eigenvalue weighted by Crippen LogP contribution is 2.23. The summed E-state index contributed by atoms with van der Waals surface area (Å²) in [7, 11) is 2.97. The third kappa shape index (κ3) is 2.89. The van der Waals surface area contributed by atoms with Crippen LogP contribution in [-0.4, -0.2) is 14.2 Å². The molecule has 0 fully saturated rings. The van der Waals surface area contributed by atoms with Crippen molar-refractivity contribution in [1.82, 2.24) is 0 Å². The van der Waals surface area contributed by atoms with Gasteiger partial charge in [-0.3, -0.25) is 4.84 Å². The Bertz CT molecular complexity index is 331. The molecule has 0 atom stereocenters. The first-order valence-electron chi connectivity index (χ1n) is 4.38. The summed E-state index contributed by atoms with van der Waals surface area (Å²) in [6, 6.07) is 2.91. The van der Waals surface area contributed by atoms with Gasteiger partial charge in [-0.15, -0.1) is 0 Å². The lowest BCUT2D eigenvalue weighted by atomic mass is 10.1. The highest BCUT2D eigenvalue weighted by Gasteiger charge is 2.10. The molecular weight excluding hydrogens is 201 g/mol. The molecule has 2 N–H and O–H groups in total. The minimum Gasteiger partial charge on any atom is -0.494 e. The molecule has 1 aromatic rings. The second-order valence-electron chi connectivity index (χ2n) is 3.00. The largest absolute Gasteiger partial charge is 0.494 e. The van der Waals surface area contributed by atoms with Crippen molar-refractivity contribution in [2.75, 3.05) is 14.2 Å². The van der Waals surface area contributed by atoms with Gasteiger partial charge in [0.05, 0.1) is 20.3 Å². The third-order valence-electron chi connectivity index (χ3n) is 2.01. The van der Waals surface area contributed by atoms with Gasteiger partial charge in [0.1, 0.15) is 0 Å². The van der Waals surface area contributed by atoms with E-state index in [2.05, 4.69) is 4.84 Å². The zero-order valence-electron chi connectivity index (χ0n) is 8.75. The summed E-state index contributed by atoms with van der Waals surface area (Å²) in [6.07, 6.45) is 0. The lowest BCUT2D eigenvalue weighted by Crippen LogP contribution is -2.05. The van der Waals surface area contributed by atoms with E-state index in [9.17, 15) is 4.39 Å². The Hall–Kier alpha value is -1.17. The average molecular weight is 215 g/mol. The Morgan fingerprint density at radius 1 is 1.20 bits per heavy atom. The summed E-state index contributed by atoms with van der Waals surface area (Å²) in [5.41, 5.74) is 1.44. The molecule has 0 saturated carbocycles. The number of ether oxygens (including phenoxy) is 2. The van der Waals surface area contributed by atoms with Crippen LogP contribution in [0.2, 0.25) is 0 Å². The van der Waals surface area contributed by atoms with Crippen molar-refractivity contribution in [3.8, 4) is 5.75 Å². The fourth-order valence-electron chi connectivity index (χ4n) is 1.31. The second-order valence-corrected chi connectivity index (χ2v) is 3.00. The van der Waals surface area contributed by atoms with E-state index in [0.717, 1.165) is 5.56 Å². The highest BCUT2D eigenvalue weighted by atomic mass is 19.1. The van der Waals surface area contributed by atoms with Crippen LogP contribution in [0.4, 0.5) is 4.39 Å². The van der Waals surface area contributed by atoms with E-state index in [0.29, 0.717) is 12.2 Å². The van der Waals surface area contributed by atoms with Crippen molar-refractivity contribution in [2.45, 2.75) is 13.2 Å². The van der Waals surface area contributed by atoms with Crippen molar-refractivity contribution in [1.29, 1.82) is 0 Å². The van der Waals surface area contributed by atoms with E-state index < -0.39 is 5.82 Å². The maximum Gasteiger partial charge on any atom is 0.165 e. The molecular formula is C10H14FNO3. The molecule has 84 valence electrons. The van der Waals surface area contributed by atoms with Crippen molar-refractivity contribution in [3.63, 3.8) is 0 Å². The highest BCUT2D eigenvalue weighted by molar-refractivity contribution is 5.36. The van der Waals surface area contributed by atoms with Crippen LogP contribution in [0.1, 0.15) is 11.1 Å². The van der Waals surface area contributed by atoms with Crippen LogP contribution in [-0.2, 0) is 22.8 Å². The summed E-state index contributed by atoms with van der Waals surface area (Å²) >= 11 is 0. The number of rotatable bonds is 5. The molecule has 5 heteroatoms. The third-order valence-corrected chi connectivity index (χ3v) is 2.01. The lowest BCUT2D eigenvalue weighted by molar-refractivity contribution is 0.120. The van der Waals surface area contributed by atoms with Crippen molar-refractivity contribution in [2.24, 2.45) is 5.90 Å². The monoisotopic (exact) mass is 215 g/mol. The number of methoxy groups -OCH3 is 2. The molecule has 0 aromatic heterocycles. The molecule has 0 spiro atoms. The van der Waals surface area contributed by atoms with Crippen LogP contribution >= 0.6 is 0 Å². The average Bonchev–Trinajstić information content (AvgIpc) is 2.22. The Morgan fingerprint density at radius 3 is 2.40 bits per heavy atom. The van der Waals surface area contributed by atoms with Gasteiger partial charge in [-0.05, 0) is 23.3 Å². The van der Waals surface area contributed by atoms with E-state index in [1.165, 1.54) is 13.2 Å². The van der Waals surface area contributed by atoms with Gasteiger partial charge in [0, 0.05) is 7.11 Å². The first-order chi connectivity index (χ1) is 7.22. The fourth-order valence-corrected chi connectivity index (χ4v) is 1.31. The Balaban J connectivity index is 3.07. The molecule has 0 aliphatic heterocycles. The second kappa shape index (κ2) is 5.65. The number of hydrogen-bond donors (Lipinski definition) is 1. The van der Waals surface area contributed by atoms with Gasteiger partial charge in [-0.2, -0.15) is 0 Å². The van der Waals surface area contributed by atoms with Crippen LogP contribution in [0.25, 0.3) is 0 Å². The Morgan fingerprint density at radius 2 is 1.87 bits per heavy atom. The van der Waals surface area contributed by atoms with Gasteiger partial charge >= 0.3 is 0 Å². The smallest absolute Gasteiger partial charge is 0.165 e. The van der Waals surface area contributed by atoms with E-state index in [1.54, 1.807) is 13.2 Å². The summed E-state index contributed by atoms with van der Waals surface area (Å²) in [5, 5.41) is 0. The van der Waals surface area contributed by atoms with Gasteiger partial charge in [0.15, 0.2) is 11.6 Å².